The smallest absolute Gasteiger partial charge is 0.410 e. The van der Waals surface area contributed by atoms with E-state index in [1.807, 2.05) is 26.8 Å². The third-order valence-corrected chi connectivity index (χ3v) is 6.58. The van der Waals surface area contributed by atoms with Gasteiger partial charge < -0.3 is 25.2 Å². The molecule has 0 atom stereocenters. The molecule has 1 aromatic heterocycles. The second-order valence-corrected chi connectivity index (χ2v) is 10.3. The first-order valence-corrected chi connectivity index (χ1v) is 12.2. The van der Waals surface area contributed by atoms with Crippen LogP contribution in [0.3, 0.4) is 0 Å². The van der Waals surface area contributed by atoms with E-state index in [-0.39, 0.29) is 30.9 Å². The number of nitrogens with one attached hydrogen (secondary N) is 2. The second-order valence-electron chi connectivity index (χ2n) is 10.3. The highest BCUT2D eigenvalue weighted by atomic mass is 16.6. The molecule has 3 aliphatic rings. The number of pyridine rings is 1. The number of ether oxygens (including phenoxy) is 1. The average molecular weight is 487 g/mol. The van der Waals surface area contributed by atoms with E-state index in [0.29, 0.717) is 44.8 Å². The Kier molecular flexibility index (Phi) is 6.86. The molecule has 1 aliphatic carbocycles. The average Bonchev–Trinajstić information content (AvgIpc) is 3.36. The maximum absolute atomic E-state index is 12.7. The van der Waals surface area contributed by atoms with Crippen LogP contribution in [0.4, 0.5) is 21.1 Å². The molecule has 0 bridgehead atoms. The fraction of sp³-hybridized carbons (Fsp3) is 0.625. The number of hydrogen-bond acceptors (Lipinski definition) is 7. The molecule has 2 aliphatic heterocycles. The standard InChI is InChI=1S/C24H34N6O5/c1-23(2,3)35-22(34)29-14-12-28(13-15-29)17-6-7-18(25-16-17)26-19(31)8-11-30-20(32)24(27-21(30)33)9-4-5-10-24/h6-7,16H,4-5,8-15H2,1-3H3,(H,27,33)(H,25,26,31). The predicted molar refractivity (Wildman–Crippen MR) is 129 cm³/mol. The molecule has 1 aromatic rings. The summed E-state index contributed by atoms with van der Waals surface area (Å²) in [5, 5.41) is 5.54. The number of hydrogen-bond donors (Lipinski definition) is 2. The second kappa shape index (κ2) is 9.71. The van der Waals surface area contributed by atoms with Gasteiger partial charge >= 0.3 is 12.1 Å². The maximum Gasteiger partial charge on any atom is 0.410 e. The van der Waals surface area contributed by atoms with Crippen molar-refractivity contribution in [3.8, 4) is 0 Å². The van der Waals surface area contributed by atoms with Crippen LogP contribution in [0.5, 0.6) is 0 Å². The molecule has 3 fully saturated rings. The lowest BCUT2D eigenvalue weighted by Crippen LogP contribution is -2.50. The van der Waals surface area contributed by atoms with Gasteiger partial charge in [-0.1, -0.05) is 12.8 Å². The van der Waals surface area contributed by atoms with E-state index in [4.69, 9.17) is 4.74 Å². The summed E-state index contributed by atoms with van der Waals surface area (Å²) in [6.07, 6.45) is 4.53. The summed E-state index contributed by atoms with van der Waals surface area (Å²) < 4.78 is 5.43. The predicted octanol–water partition coefficient (Wildman–Crippen LogP) is 2.33. The van der Waals surface area contributed by atoms with E-state index >= 15 is 0 Å². The van der Waals surface area contributed by atoms with Crippen LogP contribution in [-0.4, -0.2) is 82.6 Å². The summed E-state index contributed by atoms with van der Waals surface area (Å²) in [5.74, 6) is -0.137. The number of aromatic nitrogens is 1. The number of anilines is 2. The molecular formula is C24H34N6O5. The number of carbonyl (C=O) groups is 4. The Labute approximate surface area is 205 Å². The van der Waals surface area contributed by atoms with Crippen LogP contribution < -0.4 is 15.5 Å². The summed E-state index contributed by atoms with van der Waals surface area (Å²) in [6.45, 7) is 8.00. The van der Waals surface area contributed by atoms with E-state index in [1.165, 1.54) is 0 Å². The number of piperazine rings is 1. The minimum atomic E-state index is -0.761. The van der Waals surface area contributed by atoms with Crippen LogP contribution in [-0.2, 0) is 14.3 Å². The van der Waals surface area contributed by atoms with E-state index in [9.17, 15) is 19.2 Å². The molecule has 2 saturated heterocycles. The highest BCUT2D eigenvalue weighted by Crippen LogP contribution is 2.35. The van der Waals surface area contributed by atoms with Crippen molar-refractivity contribution in [3.63, 3.8) is 0 Å². The molecule has 0 unspecified atom stereocenters. The molecule has 4 rings (SSSR count). The van der Waals surface area contributed by atoms with Crippen molar-refractivity contribution in [3.05, 3.63) is 18.3 Å². The molecule has 11 nitrogen and oxygen atoms in total. The van der Waals surface area contributed by atoms with Gasteiger partial charge in [-0.3, -0.25) is 14.5 Å². The maximum atomic E-state index is 12.7. The molecule has 5 amide bonds. The van der Waals surface area contributed by atoms with Gasteiger partial charge in [0.05, 0.1) is 11.9 Å². The monoisotopic (exact) mass is 486 g/mol. The molecular weight excluding hydrogens is 452 g/mol. The van der Waals surface area contributed by atoms with Gasteiger partial charge in [0.25, 0.3) is 5.91 Å². The third kappa shape index (κ3) is 5.66. The number of nitrogens with zero attached hydrogens (tertiary/aromatic N) is 4. The van der Waals surface area contributed by atoms with Crippen molar-refractivity contribution in [2.45, 2.75) is 64.0 Å². The zero-order chi connectivity index (χ0) is 25.2. The lowest BCUT2D eigenvalue weighted by Gasteiger charge is -2.36. The first-order valence-electron chi connectivity index (χ1n) is 12.2. The van der Waals surface area contributed by atoms with Crippen molar-refractivity contribution in [1.29, 1.82) is 0 Å². The summed E-state index contributed by atoms with van der Waals surface area (Å²) >= 11 is 0. The van der Waals surface area contributed by atoms with Crippen molar-refractivity contribution < 1.29 is 23.9 Å². The Morgan fingerprint density at radius 2 is 1.80 bits per heavy atom. The summed E-state index contributed by atoms with van der Waals surface area (Å²) in [7, 11) is 0. The summed E-state index contributed by atoms with van der Waals surface area (Å²) in [4.78, 5) is 58.8. The van der Waals surface area contributed by atoms with Crippen molar-refractivity contribution >= 4 is 35.4 Å². The van der Waals surface area contributed by atoms with Gasteiger partial charge in [-0.05, 0) is 45.7 Å². The zero-order valence-corrected chi connectivity index (χ0v) is 20.6. The largest absolute Gasteiger partial charge is 0.444 e. The van der Waals surface area contributed by atoms with E-state index in [2.05, 4.69) is 20.5 Å². The summed E-state index contributed by atoms with van der Waals surface area (Å²) in [6, 6.07) is 3.17. The van der Waals surface area contributed by atoms with Crippen LogP contribution in [0.25, 0.3) is 0 Å². The third-order valence-electron chi connectivity index (χ3n) is 6.58. The van der Waals surface area contributed by atoms with Crippen LogP contribution >= 0.6 is 0 Å². The van der Waals surface area contributed by atoms with Crippen LogP contribution in [0.1, 0.15) is 52.9 Å². The summed E-state index contributed by atoms with van der Waals surface area (Å²) in [5.41, 5.74) is -0.385. The van der Waals surface area contributed by atoms with Crippen LogP contribution in [0.15, 0.2) is 18.3 Å². The number of urea groups is 1. The molecule has 1 saturated carbocycles. The molecule has 190 valence electrons. The zero-order valence-electron chi connectivity index (χ0n) is 20.6. The van der Waals surface area contributed by atoms with Crippen molar-refractivity contribution in [2.75, 3.05) is 42.9 Å². The Hall–Kier alpha value is -3.37. The van der Waals surface area contributed by atoms with Crippen molar-refractivity contribution in [2.24, 2.45) is 0 Å². The van der Waals surface area contributed by atoms with Gasteiger partial charge in [-0.25, -0.2) is 14.6 Å². The molecule has 1 spiro atoms. The lowest BCUT2D eigenvalue weighted by molar-refractivity contribution is -0.131. The molecule has 35 heavy (non-hydrogen) atoms. The van der Waals surface area contributed by atoms with Gasteiger partial charge in [0.15, 0.2) is 0 Å². The number of amides is 5. The van der Waals surface area contributed by atoms with Gasteiger partial charge in [-0.15, -0.1) is 0 Å². The molecule has 0 aromatic carbocycles. The van der Waals surface area contributed by atoms with Crippen molar-refractivity contribution in [1.82, 2.24) is 20.1 Å². The Balaban J connectivity index is 1.23. The number of rotatable bonds is 5. The van der Waals surface area contributed by atoms with Gasteiger partial charge in [0.1, 0.15) is 17.0 Å². The quantitative estimate of drug-likeness (QED) is 0.612. The Morgan fingerprint density at radius 3 is 2.40 bits per heavy atom. The Morgan fingerprint density at radius 1 is 1.11 bits per heavy atom. The topological polar surface area (TPSA) is 124 Å². The van der Waals surface area contributed by atoms with Gasteiger partial charge in [0.2, 0.25) is 5.91 Å². The molecule has 11 heteroatoms. The fourth-order valence-electron chi connectivity index (χ4n) is 4.74. The van der Waals surface area contributed by atoms with Gasteiger partial charge in [-0.2, -0.15) is 0 Å². The number of carbonyl (C=O) groups excluding carboxylic acids is 4. The lowest BCUT2D eigenvalue weighted by atomic mass is 9.98. The highest BCUT2D eigenvalue weighted by Gasteiger charge is 2.52. The van der Waals surface area contributed by atoms with Crippen LogP contribution in [0, 0.1) is 0 Å². The minimum absolute atomic E-state index is 0.00525. The first-order chi connectivity index (χ1) is 16.6. The van der Waals surface area contributed by atoms with E-state index in [1.54, 1.807) is 17.2 Å². The number of imide groups is 1. The SMILES string of the molecule is CC(C)(C)OC(=O)N1CCN(c2ccc(NC(=O)CCN3C(=O)NC4(CCCC4)C3=O)nc2)CC1. The van der Waals surface area contributed by atoms with Crippen LogP contribution in [0.2, 0.25) is 0 Å². The molecule has 3 heterocycles. The highest BCUT2D eigenvalue weighted by molar-refractivity contribution is 6.07. The Bertz CT molecular complexity index is 975. The van der Waals surface area contributed by atoms with E-state index in [0.717, 1.165) is 23.4 Å². The molecule has 2 N–H and O–H groups in total. The first kappa shape index (κ1) is 24.7. The minimum Gasteiger partial charge on any atom is -0.444 e. The van der Waals surface area contributed by atoms with Gasteiger partial charge in [0, 0.05) is 39.1 Å². The molecule has 0 radical (unpaired) electrons. The van der Waals surface area contributed by atoms with E-state index < -0.39 is 17.2 Å². The fourth-order valence-corrected chi connectivity index (χ4v) is 4.74. The normalized spacial score (nSPS) is 19.8.